The Hall–Kier alpha value is -1.25. The van der Waals surface area contributed by atoms with Gasteiger partial charge < -0.3 is 5.32 Å². The molecule has 1 fully saturated rings. The summed E-state index contributed by atoms with van der Waals surface area (Å²) >= 11 is 7.58. The average Bonchev–Trinajstić information content (AvgIpc) is 2.87. The van der Waals surface area contributed by atoms with E-state index in [2.05, 4.69) is 16.4 Å². The zero-order chi connectivity index (χ0) is 13.9. The average molecular weight is 296 g/mol. The molecule has 1 aliphatic rings. The number of nitrogens with zero attached hydrogens (tertiary/aromatic N) is 2. The summed E-state index contributed by atoms with van der Waals surface area (Å²) in [6.45, 7) is 1.95. The van der Waals surface area contributed by atoms with Gasteiger partial charge in [-0.1, -0.05) is 18.5 Å². The first-order valence-electron chi connectivity index (χ1n) is 6.06. The number of halogens is 1. The second-order valence-electron chi connectivity index (χ2n) is 4.47. The first-order chi connectivity index (χ1) is 9.08. The molecular formula is C13H14ClN3OS. The van der Waals surface area contributed by atoms with Crippen LogP contribution in [-0.2, 0) is 6.42 Å². The van der Waals surface area contributed by atoms with Crippen LogP contribution in [-0.4, -0.2) is 27.9 Å². The number of hydrogen-bond acceptors (Lipinski definition) is 4. The number of rotatable bonds is 3. The number of thioether (sulfide) groups is 1. The van der Waals surface area contributed by atoms with Crippen LogP contribution in [0, 0.1) is 11.3 Å². The van der Waals surface area contributed by atoms with E-state index in [0.717, 1.165) is 11.4 Å². The molecule has 2 rings (SSSR count). The lowest BCUT2D eigenvalue weighted by Crippen LogP contribution is -2.47. The lowest BCUT2D eigenvalue weighted by atomic mass is 10.0. The molecule has 1 aromatic heterocycles. The van der Waals surface area contributed by atoms with Crippen molar-refractivity contribution < 1.29 is 4.79 Å². The van der Waals surface area contributed by atoms with Crippen molar-refractivity contribution in [3.63, 3.8) is 0 Å². The summed E-state index contributed by atoms with van der Waals surface area (Å²) in [5, 5.41) is 12.4. The van der Waals surface area contributed by atoms with E-state index in [1.165, 1.54) is 6.07 Å². The van der Waals surface area contributed by atoms with Crippen LogP contribution < -0.4 is 5.32 Å². The Morgan fingerprint density at radius 2 is 2.47 bits per heavy atom. The van der Waals surface area contributed by atoms with E-state index in [9.17, 15) is 10.1 Å². The summed E-state index contributed by atoms with van der Waals surface area (Å²) in [7, 11) is 0. The van der Waals surface area contributed by atoms with Crippen LogP contribution in [0.25, 0.3) is 0 Å². The van der Waals surface area contributed by atoms with Crippen LogP contribution >= 0.6 is 23.4 Å². The second-order valence-corrected chi connectivity index (χ2v) is 5.97. The molecule has 0 saturated carbocycles. The van der Waals surface area contributed by atoms with Gasteiger partial charge >= 0.3 is 0 Å². The van der Waals surface area contributed by atoms with E-state index in [1.807, 2.05) is 6.92 Å². The molecule has 2 heterocycles. The molecule has 0 aliphatic carbocycles. The zero-order valence-corrected chi connectivity index (χ0v) is 12.1. The summed E-state index contributed by atoms with van der Waals surface area (Å²) in [4.78, 5) is 16.3. The van der Waals surface area contributed by atoms with E-state index in [-0.39, 0.29) is 5.91 Å². The minimum Gasteiger partial charge on any atom is -0.333 e. The van der Waals surface area contributed by atoms with Gasteiger partial charge in [0.05, 0.1) is 6.07 Å². The van der Waals surface area contributed by atoms with Crippen molar-refractivity contribution in [2.45, 2.75) is 25.3 Å². The number of amides is 1. The molecule has 1 aliphatic heterocycles. The molecule has 1 aromatic rings. The summed E-state index contributed by atoms with van der Waals surface area (Å²) in [5.41, 5.74) is 0.483. The third kappa shape index (κ3) is 3.20. The van der Waals surface area contributed by atoms with Crippen LogP contribution in [0.5, 0.6) is 0 Å². The molecule has 1 amide bonds. The summed E-state index contributed by atoms with van der Waals surface area (Å²) in [6.07, 6.45) is 1.39. The first-order valence-corrected chi connectivity index (χ1v) is 7.60. The summed E-state index contributed by atoms with van der Waals surface area (Å²) in [6, 6.07) is 5.47. The van der Waals surface area contributed by atoms with Crippen molar-refractivity contribution in [2.24, 2.45) is 0 Å². The number of nitrogens with one attached hydrogen (secondary N) is 1. The highest BCUT2D eigenvalue weighted by Crippen LogP contribution is 2.27. The normalized spacial score (nSPS) is 21.9. The van der Waals surface area contributed by atoms with Crippen LogP contribution in [0.4, 0.5) is 0 Å². The van der Waals surface area contributed by atoms with Crippen molar-refractivity contribution in [1.29, 1.82) is 5.26 Å². The SMILES string of the molecule is CCc1cc(C(=O)NC2(C#N)CCSC2)cc(Cl)n1. The Morgan fingerprint density at radius 1 is 1.68 bits per heavy atom. The molecule has 19 heavy (non-hydrogen) atoms. The van der Waals surface area contributed by atoms with Crippen LogP contribution in [0.1, 0.15) is 29.4 Å². The maximum atomic E-state index is 12.2. The van der Waals surface area contributed by atoms with Crippen molar-refractivity contribution in [3.8, 4) is 6.07 Å². The number of carbonyl (C=O) groups is 1. The Labute approximate surface area is 121 Å². The number of hydrogen-bond donors (Lipinski definition) is 1. The molecule has 0 aromatic carbocycles. The van der Waals surface area contributed by atoms with Crippen molar-refractivity contribution in [3.05, 3.63) is 28.5 Å². The number of carbonyl (C=O) groups excluding carboxylic acids is 1. The first kappa shape index (κ1) is 14.2. The summed E-state index contributed by atoms with van der Waals surface area (Å²) in [5.74, 6) is 1.27. The molecule has 4 nitrogen and oxygen atoms in total. The van der Waals surface area contributed by atoms with Gasteiger partial charge in [-0.2, -0.15) is 17.0 Å². The van der Waals surface area contributed by atoms with Crippen LogP contribution in [0.2, 0.25) is 5.15 Å². The number of aryl methyl sites for hydroxylation is 1. The fourth-order valence-electron chi connectivity index (χ4n) is 1.93. The molecule has 6 heteroatoms. The third-order valence-electron chi connectivity index (χ3n) is 3.06. The van der Waals surface area contributed by atoms with Gasteiger partial charge in [-0.15, -0.1) is 0 Å². The number of aromatic nitrogens is 1. The van der Waals surface area contributed by atoms with E-state index < -0.39 is 5.54 Å². The van der Waals surface area contributed by atoms with Gasteiger partial charge in [-0.3, -0.25) is 4.79 Å². The van der Waals surface area contributed by atoms with Gasteiger partial charge in [-0.25, -0.2) is 4.98 Å². The Balaban J connectivity index is 2.20. The lowest BCUT2D eigenvalue weighted by molar-refractivity contribution is 0.0926. The maximum Gasteiger partial charge on any atom is 0.252 e. The quantitative estimate of drug-likeness (QED) is 0.870. The largest absolute Gasteiger partial charge is 0.333 e. The highest BCUT2D eigenvalue weighted by Gasteiger charge is 2.36. The van der Waals surface area contributed by atoms with E-state index in [0.29, 0.717) is 29.3 Å². The Kier molecular flexibility index (Phi) is 4.33. The van der Waals surface area contributed by atoms with Gasteiger partial charge in [0.25, 0.3) is 5.91 Å². The lowest BCUT2D eigenvalue weighted by Gasteiger charge is -2.21. The van der Waals surface area contributed by atoms with Crippen LogP contribution in [0.3, 0.4) is 0 Å². The minimum absolute atomic E-state index is 0.261. The molecule has 0 bridgehead atoms. The molecular weight excluding hydrogens is 282 g/mol. The topological polar surface area (TPSA) is 65.8 Å². The molecule has 100 valence electrons. The second kappa shape index (κ2) is 5.81. The summed E-state index contributed by atoms with van der Waals surface area (Å²) < 4.78 is 0. The fraction of sp³-hybridized carbons (Fsp3) is 0.462. The van der Waals surface area contributed by atoms with Gasteiger partial charge in [-0.05, 0) is 30.7 Å². The van der Waals surface area contributed by atoms with Gasteiger partial charge in [0.15, 0.2) is 0 Å². The standard InChI is InChI=1S/C13H14ClN3OS/c1-2-10-5-9(6-11(14)16-10)12(18)17-13(7-15)3-4-19-8-13/h5-6H,2-4,8H2,1H3,(H,17,18). The Bertz CT molecular complexity index is 535. The van der Waals surface area contributed by atoms with Crippen molar-refractivity contribution in [2.75, 3.05) is 11.5 Å². The monoisotopic (exact) mass is 295 g/mol. The highest BCUT2D eigenvalue weighted by molar-refractivity contribution is 7.99. The van der Waals surface area contributed by atoms with Crippen LogP contribution in [0.15, 0.2) is 12.1 Å². The minimum atomic E-state index is -0.746. The Morgan fingerprint density at radius 3 is 3.05 bits per heavy atom. The molecule has 0 radical (unpaired) electrons. The van der Waals surface area contributed by atoms with Gasteiger partial charge in [0.1, 0.15) is 10.7 Å². The third-order valence-corrected chi connectivity index (χ3v) is 4.44. The number of nitriles is 1. The molecule has 0 spiro atoms. The highest BCUT2D eigenvalue weighted by atomic mass is 35.5. The molecule has 1 N–H and O–H groups in total. The molecule has 1 unspecified atom stereocenters. The molecule has 1 atom stereocenters. The maximum absolute atomic E-state index is 12.2. The van der Waals surface area contributed by atoms with E-state index in [1.54, 1.807) is 17.8 Å². The fourth-order valence-corrected chi connectivity index (χ4v) is 3.43. The van der Waals surface area contributed by atoms with Crippen molar-refractivity contribution >= 4 is 29.3 Å². The van der Waals surface area contributed by atoms with Gasteiger partial charge in [0.2, 0.25) is 0 Å². The smallest absolute Gasteiger partial charge is 0.252 e. The number of pyridine rings is 1. The van der Waals surface area contributed by atoms with Crippen molar-refractivity contribution in [1.82, 2.24) is 10.3 Å². The van der Waals surface area contributed by atoms with E-state index in [4.69, 9.17) is 11.6 Å². The van der Waals surface area contributed by atoms with E-state index >= 15 is 0 Å². The molecule has 1 saturated heterocycles. The van der Waals surface area contributed by atoms with Gasteiger partial charge in [0, 0.05) is 17.0 Å². The predicted molar refractivity (Wildman–Crippen MR) is 76.4 cm³/mol. The predicted octanol–water partition coefficient (Wildman–Crippen LogP) is 2.43. The zero-order valence-electron chi connectivity index (χ0n) is 10.6.